The molecule has 2 N–H and O–H groups in total. The van der Waals surface area contributed by atoms with Gasteiger partial charge < -0.3 is 24.8 Å². The van der Waals surface area contributed by atoms with Gasteiger partial charge in [0.1, 0.15) is 11.5 Å². The molecule has 8 nitrogen and oxygen atoms in total. The molecule has 0 spiro atoms. The lowest BCUT2D eigenvalue weighted by atomic mass is 10.2. The Morgan fingerprint density at radius 2 is 1.93 bits per heavy atom. The summed E-state index contributed by atoms with van der Waals surface area (Å²) in [5.74, 6) is 2.26. The van der Waals surface area contributed by atoms with E-state index >= 15 is 0 Å². The molecule has 29 heavy (non-hydrogen) atoms. The Hall–Kier alpha value is -2.74. The summed E-state index contributed by atoms with van der Waals surface area (Å²) >= 11 is 0. The highest BCUT2D eigenvalue weighted by Gasteiger charge is 2.12. The summed E-state index contributed by atoms with van der Waals surface area (Å²) in [6.07, 6.45) is 0. The van der Waals surface area contributed by atoms with E-state index < -0.39 is 0 Å². The quantitative estimate of drug-likeness (QED) is 0.468. The Balaban J connectivity index is 2.10. The maximum absolute atomic E-state index is 5.46. The number of ether oxygens (including phenoxy) is 3. The standard InChI is InChI=1S/C21H33N5O3/c1-7-22-21(23-13-17-8-9-18(28-5)12-20(17)29-6)24-14-19-15(2)25-26(16(19)3)10-11-27-4/h8-9,12H,7,10-11,13-14H2,1-6H3,(H2,22,23,24). The van der Waals surface area contributed by atoms with Crippen molar-refractivity contribution in [3.63, 3.8) is 0 Å². The van der Waals surface area contributed by atoms with Crippen LogP contribution in [0.2, 0.25) is 0 Å². The van der Waals surface area contributed by atoms with E-state index in [9.17, 15) is 0 Å². The maximum atomic E-state index is 5.46. The average Bonchev–Trinajstić information content (AvgIpc) is 3.01. The minimum absolute atomic E-state index is 0.494. The summed E-state index contributed by atoms with van der Waals surface area (Å²) in [4.78, 5) is 4.71. The zero-order valence-electron chi connectivity index (χ0n) is 18.3. The van der Waals surface area contributed by atoms with Crippen molar-refractivity contribution in [1.82, 2.24) is 20.4 Å². The molecule has 0 saturated heterocycles. The Labute approximate surface area is 173 Å². The molecule has 8 heteroatoms. The Morgan fingerprint density at radius 3 is 2.59 bits per heavy atom. The smallest absolute Gasteiger partial charge is 0.191 e. The number of aryl methyl sites for hydroxylation is 1. The van der Waals surface area contributed by atoms with E-state index in [0.29, 0.717) is 19.7 Å². The highest BCUT2D eigenvalue weighted by Crippen LogP contribution is 2.25. The van der Waals surface area contributed by atoms with Gasteiger partial charge in [0.15, 0.2) is 5.96 Å². The van der Waals surface area contributed by atoms with Crippen LogP contribution in [0, 0.1) is 13.8 Å². The number of aromatic nitrogens is 2. The van der Waals surface area contributed by atoms with Crippen LogP contribution in [0.4, 0.5) is 0 Å². The number of hydrogen-bond donors (Lipinski definition) is 2. The van der Waals surface area contributed by atoms with E-state index in [1.165, 1.54) is 5.56 Å². The molecule has 2 aromatic rings. The largest absolute Gasteiger partial charge is 0.497 e. The number of rotatable bonds is 10. The van der Waals surface area contributed by atoms with E-state index in [-0.39, 0.29) is 0 Å². The molecule has 0 radical (unpaired) electrons. The van der Waals surface area contributed by atoms with Gasteiger partial charge in [0.2, 0.25) is 0 Å². The van der Waals surface area contributed by atoms with E-state index in [0.717, 1.165) is 47.5 Å². The van der Waals surface area contributed by atoms with Crippen LogP contribution in [0.1, 0.15) is 29.4 Å². The minimum atomic E-state index is 0.494. The predicted octanol–water partition coefficient (Wildman–Crippen LogP) is 2.42. The van der Waals surface area contributed by atoms with Gasteiger partial charge in [-0.05, 0) is 32.9 Å². The second-order valence-corrected chi connectivity index (χ2v) is 6.59. The first-order valence-electron chi connectivity index (χ1n) is 9.78. The number of methoxy groups -OCH3 is 3. The molecule has 2 rings (SSSR count). The van der Waals surface area contributed by atoms with Crippen LogP contribution in [0.25, 0.3) is 0 Å². The maximum Gasteiger partial charge on any atom is 0.191 e. The fraction of sp³-hybridized carbons (Fsp3) is 0.524. The number of guanidine groups is 1. The summed E-state index contributed by atoms with van der Waals surface area (Å²) in [7, 11) is 4.99. The number of nitrogens with zero attached hydrogens (tertiary/aromatic N) is 3. The van der Waals surface area contributed by atoms with Crippen molar-refractivity contribution in [1.29, 1.82) is 0 Å². The molecule has 0 bridgehead atoms. The van der Waals surface area contributed by atoms with Crippen LogP contribution in [0.5, 0.6) is 11.5 Å². The Kier molecular flexibility index (Phi) is 8.79. The molecule has 1 aromatic carbocycles. The molecule has 0 amide bonds. The predicted molar refractivity (Wildman–Crippen MR) is 115 cm³/mol. The molecule has 1 heterocycles. The molecular formula is C21H33N5O3. The van der Waals surface area contributed by atoms with E-state index in [1.54, 1.807) is 21.3 Å². The monoisotopic (exact) mass is 403 g/mol. The first-order valence-corrected chi connectivity index (χ1v) is 9.78. The summed E-state index contributed by atoms with van der Waals surface area (Å²) in [5, 5.41) is 11.3. The molecule has 0 atom stereocenters. The van der Waals surface area contributed by atoms with Crippen molar-refractivity contribution in [3.8, 4) is 11.5 Å². The van der Waals surface area contributed by atoms with E-state index in [2.05, 4.69) is 22.7 Å². The van der Waals surface area contributed by atoms with Crippen molar-refractivity contribution in [2.24, 2.45) is 4.99 Å². The van der Waals surface area contributed by atoms with Crippen LogP contribution >= 0.6 is 0 Å². The summed E-state index contributed by atoms with van der Waals surface area (Å²) in [6.45, 7) is 9.46. The third-order valence-corrected chi connectivity index (χ3v) is 4.72. The lowest BCUT2D eigenvalue weighted by molar-refractivity contribution is 0.182. The highest BCUT2D eigenvalue weighted by molar-refractivity contribution is 5.79. The van der Waals surface area contributed by atoms with Crippen LogP contribution < -0.4 is 20.1 Å². The number of benzene rings is 1. The SMILES string of the molecule is CCNC(=NCc1ccc(OC)cc1OC)NCc1c(C)nn(CCOC)c1C. The first-order chi connectivity index (χ1) is 14.0. The molecule has 0 fully saturated rings. The molecule has 0 aliphatic heterocycles. The van der Waals surface area contributed by atoms with Crippen LogP contribution in [0.15, 0.2) is 23.2 Å². The molecule has 1 aromatic heterocycles. The second-order valence-electron chi connectivity index (χ2n) is 6.59. The zero-order chi connectivity index (χ0) is 21.2. The van der Waals surface area contributed by atoms with Gasteiger partial charge in [-0.2, -0.15) is 5.10 Å². The zero-order valence-corrected chi connectivity index (χ0v) is 18.3. The van der Waals surface area contributed by atoms with Crippen molar-refractivity contribution in [2.45, 2.75) is 40.4 Å². The Bertz CT molecular complexity index is 817. The van der Waals surface area contributed by atoms with Gasteiger partial charge in [0, 0.05) is 43.1 Å². The molecule has 160 valence electrons. The van der Waals surface area contributed by atoms with E-state index in [4.69, 9.17) is 19.2 Å². The van der Waals surface area contributed by atoms with Crippen LogP contribution in [-0.2, 0) is 24.4 Å². The van der Waals surface area contributed by atoms with E-state index in [1.807, 2.05) is 36.7 Å². The lowest BCUT2D eigenvalue weighted by Crippen LogP contribution is -2.37. The van der Waals surface area contributed by atoms with Gasteiger partial charge in [0.05, 0.1) is 39.6 Å². The third-order valence-electron chi connectivity index (χ3n) is 4.72. The topological polar surface area (TPSA) is 81.9 Å². The van der Waals surface area contributed by atoms with Crippen molar-refractivity contribution < 1.29 is 14.2 Å². The van der Waals surface area contributed by atoms with Crippen molar-refractivity contribution >= 4 is 5.96 Å². The number of hydrogen-bond acceptors (Lipinski definition) is 5. The summed E-state index contributed by atoms with van der Waals surface area (Å²) in [5.41, 5.74) is 4.32. The molecule has 0 unspecified atom stereocenters. The minimum Gasteiger partial charge on any atom is -0.497 e. The van der Waals surface area contributed by atoms with Crippen molar-refractivity contribution in [2.75, 3.05) is 34.5 Å². The molecule has 0 aliphatic carbocycles. The molecule has 0 saturated carbocycles. The molecular weight excluding hydrogens is 370 g/mol. The normalized spacial score (nSPS) is 11.4. The van der Waals surface area contributed by atoms with Gasteiger partial charge in [0.25, 0.3) is 0 Å². The second kappa shape index (κ2) is 11.3. The first kappa shape index (κ1) is 22.5. The van der Waals surface area contributed by atoms with Gasteiger partial charge >= 0.3 is 0 Å². The molecule has 0 aliphatic rings. The lowest BCUT2D eigenvalue weighted by Gasteiger charge is -2.13. The summed E-state index contributed by atoms with van der Waals surface area (Å²) in [6, 6.07) is 5.75. The average molecular weight is 404 g/mol. The Morgan fingerprint density at radius 1 is 1.14 bits per heavy atom. The summed E-state index contributed by atoms with van der Waals surface area (Å²) < 4.78 is 17.9. The fourth-order valence-electron chi connectivity index (χ4n) is 3.05. The van der Waals surface area contributed by atoms with Gasteiger partial charge in [-0.3, -0.25) is 4.68 Å². The van der Waals surface area contributed by atoms with Crippen LogP contribution in [0.3, 0.4) is 0 Å². The van der Waals surface area contributed by atoms with Crippen molar-refractivity contribution in [3.05, 3.63) is 40.7 Å². The van der Waals surface area contributed by atoms with Crippen LogP contribution in [-0.4, -0.2) is 50.2 Å². The number of aliphatic imine (C=N–C) groups is 1. The highest BCUT2D eigenvalue weighted by atomic mass is 16.5. The fourth-order valence-corrected chi connectivity index (χ4v) is 3.05. The van der Waals surface area contributed by atoms with Gasteiger partial charge in [-0.1, -0.05) is 0 Å². The number of nitrogens with one attached hydrogen (secondary N) is 2. The van der Waals surface area contributed by atoms with Gasteiger partial charge in [-0.25, -0.2) is 4.99 Å². The third kappa shape index (κ3) is 6.12. The van der Waals surface area contributed by atoms with Gasteiger partial charge in [-0.15, -0.1) is 0 Å².